The highest BCUT2D eigenvalue weighted by Crippen LogP contribution is 2.41. The number of hydrogen-bond acceptors (Lipinski definition) is 2. The monoisotopic (exact) mass is 449 g/mol. The van der Waals surface area contributed by atoms with Gasteiger partial charge in [-0.15, -0.1) is 24.0 Å². The standard InChI is InChI=1S/C17H24FN3S.HI/c18-15-5-3-14(4-6-15)17(7-1-2-8-17)13-20-16(19)21-9-11-22-12-10-21;/h3-6H,1-2,7-13H2,(H2,19,20);1H. The number of hydrogen-bond donors (Lipinski definition) is 1. The van der Waals surface area contributed by atoms with Crippen molar-refractivity contribution < 1.29 is 4.39 Å². The molecule has 1 saturated heterocycles. The van der Waals surface area contributed by atoms with E-state index in [0.29, 0.717) is 12.5 Å². The third kappa shape index (κ3) is 4.53. The van der Waals surface area contributed by atoms with Crippen molar-refractivity contribution >= 4 is 41.7 Å². The molecule has 3 nitrogen and oxygen atoms in total. The number of thioether (sulfide) groups is 1. The Hall–Kier alpha value is -0.500. The Bertz CT molecular complexity index is 523. The van der Waals surface area contributed by atoms with Crippen LogP contribution in [-0.2, 0) is 5.41 Å². The summed E-state index contributed by atoms with van der Waals surface area (Å²) in [5.41, 5.74) is 7.44. The van der Waals surface area contributed by atoms with Gasteiger partial charge in [0.15, 0.2) is 5.96 Å². The van der Waals surface area contributed by atoms with E-state index in [1.807, 2.05) is 23.9 Å². The summed E-state index contributed by atoms with van der Waals surface area (Å²) >= 11 is 1.97. The van der Waals surface area contributed by atoms with E-state index in [1.54, 1.807) is 12.1 Å². The summed E-state index contributed by atoms with van der Waals surface area (Å²) in [5.74, 6) is 2.75. The first-order chi connectivity index (χ1) is 10.7. The summed E-state index contributed by atoms with van der Waals surface area (Å²) in [6.07, 6.45) is 4.66. The first-order valence-electron chi connectivity index (χ1n) is 8.08. The minimum atomic E-state index is -0.175. The van der Waals surface area contributed by atoms with E-state index in [0.717, 1.165) is 37.4 Å². The van der Waals surface area contributed by atoms with Crippen molar-refractivity contribution in [2.75, 3.05) is 31.1 Å². The molecule has 0 aromatic heterocycles. The summed E-state index contributed by atoms with van der Waals surface area (Å²) in [6, 6.07) is 6.96. The van der Waals surface area contributed by atoms with Gasteiger partial charge in [-0.25, -0.2) is 4.39 Å². The van der Waals surface area contributed by atoms with Crippen molar-refractivity contribution in [1.82, 2.24) is 4.90 Å². The molecule has 0 atom stereocenters. The molecule has 0 spiro atoms. The molecule has 1 aromatic carbocycles. The van der Waals surface area contributed by atoms with Crippen molar-refractivity contribution in [3.05, 3.63) is 35.6 Å². The lowest BCUT2D eigenvalue weighted by Gasteiger charge is -2.30. The van der Waals surface area contributed by atoms with Crippen LogP contribution in [0.15, 0.2) is 29.3 Å². The van der Waals surface area contributed by atoms with Crippen LogP contribution >= 0.6 is 35.7 Å². The van der Waals surface area contributed by atoms with Crippen LogP contribution in [-0.4, -0.2) is 42.0 Å². The molecule has 0 bridgehead atoms. The van der Waals surface area contributed by atoms with Gasteiger partial charge < -0.3 is 10.6 Å². The minimum absolute atomic E-state index is 0. The summed E-state index contributed by atoms with van der Waals surface area (Å²) in [6.45, 7) is 2.70. The third-order valence-electron chi connectivity index (χ3n) is 4.90. The van der Waals surface area contributed by atoms with E-state index in [4.69, 9.17) is 10.7 Å². The average Bonchev–Trinajstić information content (AvgIpc) is 3.04. The summed E-state index contributed by atoms with van der Waals surface area (Å²) < 4.78 is 13.2. The lowest BCUT2D eigenvalue weighted by molar-refractivity contribution is 0.430. The van der Waals surface area contributed by atoms with Gasteiger partial charge in [-0.1, -0.05) is 25.0 Å². The van der Waals surface area contributed by atoms with Crippen LogP contribution in [0.2, 0.25) is 0 Å². The molecule has 0 unspecified atom stereocenters. The minimum Gasteiger partial charge on any atom is -0.370 e. The van der Waals surface area contributed by atoms with Crippen LogP contribution in [0.5, 0.6) is 0 Å². The van der Waals surface area contributed by atoms with Crippen LogP contribution in [0.1, 0.15) is 31.2 Å². The second-order valence-electron chi connectivity index (χ2n) is 6.27. The molecule has 0 radical (unpaired) electrons. The van der Waals surface area contributed by atoms with E-state index < -0.39 is 0 Å². The first kappa shape index (κ1) is 18.8. The average molecular weight is 449 g/mol. The molecular weight excluding hydrogens is 424 g/mol. The largest absolute Gasteiger partial charge is 0.370 e. The molecule has 2 fully saturated rings. The molecule has 1 aliphatic carbocycles. The second-order valence-corrected chi connectivity index (χ2v) is 7.49. The van der Waals surface area contributed by atoms with Crippen molar-refractivity contribution in [3.63, 3.8) is 0 Å². The zero-order chi connectivity index (χ0) is 15.4. The van der Waals surface area contributed by atoms with Crippen LogP contribution in [0, 0.1) is 5.82 Å². The number of aliphatic imine (C=N–C) groups is 1. The van der Waals surface area contributed by atoms with Gasteiger partial charge in [-0.05, 0) is 30.5 Å². The quantitative estimate of drug-likeness (QED) is 0.436. The van der Waals surface area contributed by atoms with E-state index >= 15 is 0 Å². The smallest absolute Gasteiger partial charge is 0.191 e. The van der Waals surface area contributed by atoms with E-state index in [-0.39, 0.29) is 35.2 Å². The number of benzene rings is 1. The molecule has 2 N–H and O–H groups in total. The number of halogens is 2. The molecule has 1 aromatic rings. The maximum Gasteiger partial charge on any atom is 0.191 e. The van der Waals surface area contributed by atoms with Gasteiger partial charge in [0.05, 0.1) is 6.54 Å². The second kappa shape index (κ2) is 8.55. The van der Waals surface area contributed by atoms with Crippen LogP contribution in [0.4, 0.5) is 4.39 Å². The Morgan fingerprint density at radius 1 is 1.17 bits per heavy atom. The number of rotatable bonds is 3. The summed E-state index contributed by atoms with van der Waals surface area (Å²) in [7, 11) is 0. The first-order valence-corrected chi connectivity index (χ1v) is 9.24. The predicted octanol–water partition coefficient (Wildman–Crippen LogP) is 3.62. The number of guanidine groups is 1. The highest BCUT2D eigenvalue weighted by atomic mass is 127. The topological polar surface area (TPSA) is 41.6 Å². The third-order valence-corrected chi connectivity index (χ3v) is 5.84. The normalized spacial score (nSPS) is 21.1. The van der Waals surface area contributed by atoms with Crippen LogP contribution in [0.25, 0.3) is 0 Å². The molecule has 2 aliphatic rings. The Balaban J connectivity index is 0.00000192. The van der Waals surface area contributed by atoms with Crippen LogP contribution < -0.4 is 5.73 Å². The SMILES string of the molecule is I.NC(=NCC1(c2ccc(F)cc2)CCCC1)N1CCSCC1. The fourth-order valence-corrected chi connectivity index (χ4v) is 4.42. The summed E-state index contributed by atoms with van der Waals surface area (Å²) in [5, 5.41) is 0. The Morgan fingerprint density at radius 3 is 2.39 bits per heavy atom. The molecule has 6 heteroatoms. The number of nitrogens with two attached hydrogens (primary N) is 1. The van der Waals surface area contributed by atoms with Crippen molar-refractivity contribution in [3.8, 4) is 0 Å². The maximum atomic E-state index is 13.2. The Morgan fingerprint density at radius 2 is 1.78 bits per heavy atom. The lowest BCUT2D eigenvalue weighted by atomic mass is 9.79. The van der Waals surface area contributed by atoms with E-state index in [1.165, 1.54) is 18.4 Å². The van der Waals surface area contributed by atoms with Gasteiger partial charge in [0.25, 0.3) is 0 Å². The molecule has 3 rings (SSSR count). The van der Waals surface area contributed by atoms with E-state index in [9.17, 15) is 4.39 Å². The van der Waals surface area contributed by atoms with Gasteiger partial charge in [0, 0.05) is 30.0 Å². The molecule has 23 heavy (non-hydrogen) atoms. The Labute approximate surface area is 159 Å². The van der Waals surface area contributed by atoms with Gasteiger partial charge in [0.1, 0.15) is 5.82 Å². The molecule has 0 amide bonds. The Kier molecular flexibility index (Phi) is 7.00. The molecular formula is C17H25FIN3S. The zero-order valence-electron chi connectivity index (χ0n) is 13.3. The molecule has 1 heterocycles. The van der Waals surface area contributed by atoms with Gasteiger partial charge in [-0.2, -0.15) is 11.8 Å². The van der Waals surface area contributed by atoms with Gasteiger partial charge >= 0.3 is 0 Å². The highest BCUT2D eigenvalue weighted by Gasteiger charge is 2.35. The number of nitrogens with zero attached hydrogens (tertiary/aromatic N) is 2. The fraction of sp³-hybridized carbons (Fsp3) is 0.588. The fourth-order valence-electron chi connectivity index (χ4n) is 3.52. The van der Waals surface area contributed by atoms with Gasteiger partial charge in [-0.3, -0.25) is 4.99 Å². The van der Waals surface area contributed by atoms with Crippen molar-refractivity contribution in [1.29, 1.82) is 0 Å². The van der Waals surface area contributed by atoms with Gasteiger partial charge in [0.2, 0.25) is 0 Å². The lowest BCUT2D eigenvalue weighted by Crippen LogP contribution is -2.43. The maximum absolute atomic E-state index is 13.2. The van der Waals surface area contributed by atoms with Crippen molar-refractivity contribution in [2.45, 2.75) is 31.1 Å². The van der Waals surface area contributed by atoms with Crippen LogP contribution in [0.3, 0.4) is 0 Å². The zero-order valence-corrected chi connectivity index (χ0v) is 16.5. The molecule has 1 aliphatic heterocycles. The van der Waals surface area contributed by atoms with E-state index in [2.05, 4.69) is 4.90 Å². The van der Waals surface area contributed by atoms with Crippen molar-refractivity contribution in [2.24, 2.45) is 10.7 Å². The summed E-state index contributed by atoms with van der Waals surface area (Å²) in [4.78, 5) is 6.90. The highest BCUT2D eigenvalue weighted by molar-refractivity contribution is 14.0. The molecule has 1 saturated carbocycles. The predicted molar refractivity (Wildman–Crippen MR) is 107 cm³/mol. The molecule has 128 valence electrons.